The first-order valence-corrected chi connectivity index (χ1v) is 6.94. The molecule has 1 aliphatic heterocycles. The molecule has 0 spiro atoms. The van der Waals surface area contributed by atoms with Crippen LogP contribution in [-0.4, -0.2) is 45.6 Å². The Labute approximate surface area is 130 Å². The van der Waals surface area contributed by atoms with Crippen LogP contribution in [-0.2, 0) is 23.7 Å². The highest BCUT2D eigenvalue weighted by Crippen LogP contribution is 2.23. The van der Waals surface area contributed by atoms with Crippen molar-refractivity contribution in [2.45, 2.75) is 18.5 Å². The normalized spacial score (nSPS) is 24.9. The number of hydrogen-bond acceptors (Lipinski definition) is 5. The topological polar surface area (TPSA) is 54.0 Å². The van der Waals surface area contributed by atoms with Gasteiger partial charge in [0.05, 0.1) is 0 Å². The molecule has 0 unspecified atom stereocenters. The molecule has 118 valence electrons. The molecule has 5 heteroatoms. The average Bonchev–Trinajstić information content (AvgIpc) is 2.59. The van der Waals surface area contributed by atoms with E-state index in [0.29, 0.717) is 0 Å². The summed E-state index contributed by atoms with van der Waals surface area (Å²) < 4.78 is 21.4. The van der Waals surface area contributed by atoms with E-state index in [1.165, 1.54) is 13.2 Å². The number of allylic oxidation sites excluding steroid dienone is 1. The highest BCUT2D eigenvalue weighted by molar-refractivity contribution is 6.05. The van der Waals surface area contributed by atoms with Crippen molar-refractivity contribution < 1.29 is 23.7 Å². The third-order valence-electron chi connectivity index (χ3n) is 3.40. The van der Waals surface area contributed by atoms with E-state index in [1.807, 2.05) is 30.3 Å². The van der Waals surface area contributed by atoms with Crippen molar-refractivity contribution in [2.75, 3.05) is 21.3 Å². The van der Waals surface area contributed by atoms with Gasteiger partial charge in [0.2, 0.25) is 12.1 Å². The maximum absolute atomic E-state index is 12.3. The predicted molar refractivity (Wildman–Crippen MR) is 82.0 cm³/mol. The van der Waals surface area contributed by atoms with Crippen LogP contribution in [0.2, 0.25) is 0 Å². The fourth-order valence-corrected chi connectivity index (χ4v) is 2.22. The van der Waals surface area contributed by atoms with Crippen molar-refractivity contribution in [1.29, 1.82) is 0 Å². The first-order chi connectivity index (χ1) is 10.7. The second-order valence-corrected chi connectivity index (χ2v) is 4.76. The predicted octanol–water partition coefficient (Wildman–Crippen LogP) is 2.19. The van der Waals surface area contributed by atoms with Crippen LogP contribution in [0.1, 0.15) is 5.56 Å². The molecule has 2 rings (SSSR count). The van der Waals surface area contributed by atoms with E-state index in [0.717, 1.165) is 5.56 Å². The molecule has 1 aromatic rings. The van der Waals surface area contributed by atoms with Crippen LogP contribution in [0.4, 0.5) is 0 Å². The fraction of sp³-hybridized carbons (Fsp3) is 0.353. The Morgan fingerprint density at radius 1 is 1.09 bits per heavy atom. The van der Waals surface area contributed by atoms with Gasteiger partial charge in [-0.2, -0.15) is 0 Å². The van der Waals surface area contributed by atoms with Crippen molar-refractivity contribution in [3.8, 4) is 0 Å². The summed E-state index contributed by atoms with van der Waals surface area (Å²) in [5, 5.41) is 0. The largest absolute Gasteiger partial charge is 0.458 e. The van der Waals surface area contributed by atoms with Gasteiger partial charge in [0.25, 0.3) is 0 Å². The van der Waals surface area contributed by atoms with Crippen LogP contribution in [0.15, 0.2) is 48.2 Å². The summed E-state index contributed by atoms with van der Waals surface area (Å²) in [7, 11) is 4.59. The molecule has 3 atom stereocenters. The first kappa shape index (κ1) is 16.4. The van der Waals surface area contributed by atoms with Gasteiger partial charge in [-0.25, -0.2) is 0 Å². The van der Waals surface area contributed by atoms with Gasteiger partial charge in [-0.1, -0.05) is 36.4 Å². The molecule has 0 aromatic heterocycles. The number of ether oxygens (including phenoxy) is 4. The molecule has 0 radical (unpaired) electrons. The number of benzene rings is 1. The van der Waals surface area contributed by atoms with E-state index in [-0.39, 0.29) is 11.5 Å². The fourth-order valence-electron chi connectivity index (χ4n) is 2.22. The number of hydrogen-bond donors (Lipinski definition) is 0. The van der Waals surface area contributed by atoms with E-state index in [1.54, 1.807) is 26.4 Å². The van der Waals surface area contributed by atoms with Crippen LogP contribution in [0.3, 0.4) is 0 Å². The zero-order chi connectivity index (χ0) is 15.9. The molecular weight excluding hydrogens is 284 g/mol. The Kier molecular flexibility index (Phi) is 5.89. The summed E-state index contributed by atoms with van der Waals surface area (Å²) in [6.45, 7) is 0. The van der Waals surface area contributed by atoms with Crippen LogP contribution in [0.5, 0.6) is 0 Å². The number of methoxy groups -OCH3 is 3. The zero-order valence-corrected chi connectivity index (χ0v) is 12.9. The summed E-state index contributed by atoms with van der Waals surface area (Å²) in [6, 6.07) is 9.56. The molecule has 0 aliphatic carbocycles. The lowest BCUT2D eigenvalue weighted by Crippen LogP contribution is -2.45. The van der Waals surface area contributed by atoms with Crippen molar-refractivity contribution in [1.82, 2.24) is 0 Å². The summed E-state index contributed by atoms with van der Waals surface area (Å²) in [6.07, 6.45) is 3.29. The summed E-state index contributed by atoms with van der Waals surface area (Å²) >= 11 is 0. The maximum Gasteiger partial charge on any atom is 0.229 e. The lowest BCUT2D eigenvalue weighted by atomic mass is 10.1. The number of carbonyl (C=O) groups excluding carboxylic acids is 1. The molecular formula is C17H20O5. The average molecular weight is 304 g/mol. The Morgan fingerprint density at radius 3 is 2.41 bits per heavy atom. The minimum absolute atomic E-state index is 0.194. The van der Waals surface area contributed by atoms with E-state index in [9.17, 15) is 4.79 Å². The minimum atomic E-state index is -0.691. The standard InChI is InChI=1S/C17H20O5/c1-19-15-11-14(22-17(21-3)16(15)20-2)13(18)10-9-12-7-5-4-6-8-12/h4-11,15-17H,1-3H3/b10-9+/t15-,16+,17-/m0/s1. The van der Waals surface area contributed by atoms with E-state index in [4.69, 9.17) is 18.9 Å². The Bertz CT molecular complexity index is 549. The first-order valence-electron chi connectivity index (χ1n) is 6.94. The summed E-state index contributed by atoms with van der Waals surface area (Å²) in [5.74, 6) is -0.0540. The number of carbonyl (C=O) groups is 1. The van der Waals surface area contributed by atoms with Gasteiger partial charge < -0.3 is 18.9 Å². The number of ketones is 1. The van der Waals surface area contributed by atoms with E-state index >= 15 is 0 Å². The third-order valence-corrected chi connectivity index (χ3v) is 3.40. The van der Waals surface area contributed by atoms with Gasteiger partial charge in [-0.15, -0.1) is 0 Å². The molecule has 5 nitrogen and oxygen atoms in total. The second-order valence-electron chi connectivity index (χ2n) is 4.76. The van der Waals surface area contributed by atoms with Crippen molar-refractivity contribution in [3.05, 3.63) is 53.8 Å². The molecule has 0 bridgehead atoms. The van der Waals surface area contributed by atoms with Crippen molar-refractivity contribution in [3.63, 3.8) is 0 Å². The highest BCUT2D eigenvalue weighted by Gasteiger charge is 2.36. The summed E-state index contributed by atoms with van der Waals surface area (Å²) in [4.78, 5) is 12.3. The molecule has 0 N–H and O–H groups in total. The molecule has 1 heterocycles. The SMILES string of the molecule is CO[C@H]1OC(C(=O)/C=C/c2ccccc2)=C[C@H](OC)[C@H]1OC. The Morgan fingerprint density at radius 2 is 1.82 bits per heavy atom. The maximum atomic E-state index is 12.3. The minimum Gasteiger partial charge on any atom is -0.458 e. The van der Waals surface area contributed by atoms with Gasteiger partial charge >= 0.3 is 0 Å². The van der Waals surface area contributed by atoms with Crippen LogP contribution >= 0.6 is 0 Å². The van der Waals surface area contributed by atoms with E-state index in [2.05, 4.69) is 0 Å². The molecule has 1 aliphatic rings. The highest BCUT2D eigenvalue weighted by atomic mass is 16.7. The van der Waals surface area contributed by atoms with Crippen LogP contribution < -0.4 is 0 Å². The second kappa shape index (κ2) is 7.89. The Balaban J connectivity index is 2.15. The zero-order valence-electron chi connectivity index (χ0n) is 12.9. The van der Waals surface area contributed by atoms with Gasteiger partial charge in [-0.3, -0.25) is 4.79 Å². The van der Waals surface area contributed by atoms with Gasteiger partial charge in [0, 0.05) is 21.3 Å². The lowest BCUT2D eigenvalue weighted by Gasteiger charge is -2.33. The summed E-state index contributed by atoms with van der Waals surface area (Å²) in [5.41, 5.74) is 0.939. The molecule has 0 fully saturated rings. The van der Waals surface area contributed by atoms with Gasteiger partial charge in [-0.05, 0) is 17.7 Å². The molecule has 0 saturated heterocycles. The van der Waals surface area contributed by atoms with Gasteiger partial charge in [0.1, 0.15) is 12.2 Å². The Hall–Kier alpha value is -1.95. The van der Waals surface area contributed by atoms with E-state index < -0.39 is 18.5 Å². The van der Waals surface area contributed by atoms with Crippen LogP contribution in [0.25, 0.3) is 6.08 Å². The lowest BCUT2D eigenvalue weighted by molar-refractivity contribution is -0.203. The third kappa shape index (κ3) is 3.82. The van der Waals surface area contributed by atoms with Crippen LogP contribution in [0, 0.1) is 0 Å². The molecule has 1 aromatic carbocycles. The molecule has 0 amide bonds. The number of rotatable bonds is 6. The molecule has 0 saturated carbocycles. The quantitative estimate of drug-likeness (QED) is 0.754. The van der Waals surface area contributed by atoms with Gasteiger partial charge in [0.15, 0.2) is 5.76 Å². The molecule has 22 heavy (non-hydrogen) atoms. The smallest absolute Gasteiger partial charge is 0.229 e. The van der Waals surface area contributed by atoms with Crippen molar-refractivity contribution >= 4 is 11.9 Å². The monoisotopic (exact) mass is 304 g/mol. The van der Waals surface area contributed by atoms with Crippen molar-refractivity contribution in [2.24, 2.45) is 0 Å².